The molecule has 4 nitrogen and oxygen atoms in total. The molecule has 1 aliphatic heterocycles. The van der Waals surface area contributed by atoms with E-state index in [1.165, 1.54) is 0 Å². The van der Waals surface area contributed by atoms with Gasteiger partial charge in [-0.1, -0.05) is 6.07 Å². The molecule has 0 fully saturated rings. The van der Waals surface area contributed by atoms with Crippen LogP contribution in [0.2, 0.25) is 0 Å². The van der Waals surface area contributed by atoms with Crippen LogP contribution in [0.1, 0.15) is 11.1 Å². The second-order valence-electron chi connectivity index (χ2n) is 4.99. The van der Waals surface area contributed by atoms with Gasteiger partial charge in [-0.2, -0.15) is 5.26 Å². The Morgan fingerprint density at radius 1 is 1.05 bits per heavy atom. The number of hydrogen-bond donors (Lipinski definition) is 0. The van der Waals surface area contributed by atoms with Crippen LogP contribution in [-0.4, -0.2) is 20.3 Å². The first-order valence-electron chi connectivity index (χ1n) is 6.86. The van der Waals surface area contributed by atoms with Crippen LogP contribution in [0.15, 0.2) is 42.5 Å². The van der Waals surface area contributed by atoms with Gasteiger partial charge in [0.25, 0.3) is 0 Å². The number of benzene rings is 2. The summed E-state index contributed by atoms with van der Waals surface area (Å²) in [5.74, 6) is 1.62. The smallest absolute Gasteiger partial charge is 0.161 e. The Balaban J connectivity index is 1.74. The number of nitriles is 1. The quantitative estimate of drug-likeness (QED) is 0.867. The molecule has 0 atom stereocenters. The maximum atomic E-state index is 8.83. The van der Waals surface area contributed by atoms with Crippen molar-refractivity contribution in [2.24, 2.45) is 0 Å². The van der Waals surface area contributed by atoms with E-state index in [9.17, 15) is 0 Å². The molecule has 0 aliphatic carbocycles. The highest BCUT2D eigenvalue weighted by atomic mass is 16.6. The largest absolute Gasteiger partial charge is 0.486 e. The number of rotatable bonds is 3. The first-order chi connectivity index (χ1) is 10.3. The van der Waals surface area contributed by atoms with E-state index in [1.807, 2.05) is 49.5 Å². The highest BCUT2D eigenvalue weighted by Gasteiger charge is 2.12. The summed E-state index contributed by atoms with van der Waals surface area (Å²) in [5, 5.41) is 8.83. The number of nitrogens with zero attached hydrogens (tertiary/aromatic N) is 2. The zero-order valence-corrected chi connectivity index (χ0v) is 11.9. The summed E-state index contributed by atoms with van der Waals surface area (Å²) in [6, 6.07) is 15.7. The summed E-state index contributed by atoms with van der Waals surface area (Å²) in [6.45, 7) is 1.97. The second-order valence-corrected chi connectivity index (χ2v) is 4.99. The van der Waals surface area contributed by atoms with E-state index in [4.69, 9.17) is 14.7 Å². The molecule has 0 amide bonds. The van der Waals surface area contributed by atoms with E-state index in [1.54, 1.807) is 0 Å². The van der Waals surface area contributed by atoms with Crippen molar-refractivity contribution < 1.29 is 9.47 Å². The van der Waals surface area contributed by atoms with Gasteiger partial charge in [0, 0.05) is 19.3 Å². The minimum atomic E-state index is 0.599. The molecular weight excluding hydrogens is 264 g/mol. The highest BCUT2D eigenvalue weighted by molar-refractivity contribution is 5.50. The summed E-state index contributed by atoms with van der Waals surface area (Å²) in [7, 11) is 2.03. The molecule has 0 saturated carbocycles. The van der Waals surface area contributed by atoms with Gasteiger partial charge in [-0.25, -0.2) is 0 Å². The van der Waals surface area contributed by atoms with Gasteiger partial charge < -0.3 is 14.4 Å². The molecule has 0 saturated heterocycles. The Morgan fingerprint density at radius 2 is 1.76 bits per heavy atom. The molecule has 0 bridgehead atoms. The molecule has 2 aromatic rings. The van der Waals surface area contributed by atoms with Gasteiger partial charge in [0.05, 0.1) is 11.6 Å². The molecule has 21 heavy (non-hydrogen) atoms. The van der Waals surface area contributed by atoms with Gasteiger partial charge in [0.15, 0.2) is 11.5 Å². The first kappa shape index (κ1) is 13.3. The monoisotopic (exact) mass is 280 g/mol. The topological polar surface area (TPSA) is 45.5 Å². The van der Waals surface area contributed by atoms with Crippen molar-refractivity contribution in [1.29, 1.82) is 5.26 Å². The lowest BCUT2D eigenvalue weighted by Crippen LogP contribution is -2.18. The molecular formula is C17H16N2O2. The molecule has 0 unspecified atom stereocenters. The molecule has 1 aliphatic rings. The van der Waals surface area contributed by atoms with Crippen molar-refractivity contribution in [3.63, 3.8) is 0 Å². The Labute approximate surface area is 124 Å². The first-order valence-corrected chi connectivity index (χ1v) is 6.86. The SMILES string of the molecule is CN(Cc1ccc2c(c1)OCCO2)c1ccc(C#N)cc1. The van der Waals surface area contributed by atoms with Gasteiger partial charge in [-0.15, -0.1) is 0 Å². The third kappa shape index (κ3) is 2.92. The molecule has 0 radical (unpaired) electrons. The van der Waals surface area contributed by atoms with Gasteiger partial charge in [-0.3, -0.25) is 0 Å². The summed E-state index contributed by atoms with van der Waals surface area (Å²) in [4.78, 5) is 2.13. The fraction of sp³-hybridized carbons (Fsp3) is 0.235. The van der Waals surface area contributed by atoms with Crippen LogP contribution in [0, 0.1) is 11.3 Å². The maximum Gasteiger partial charge on any atom is 0.161 e. The fourth-order valence-electron chi connectivity index (χ4n) is 2.34. The average molecular weight is 280 g/mol. The van der Waals surface area contributed by atoms with E-state index in [0.717, 1.165) is 29.3 Å². The zero-order valence-electron chi connectivity index (χ0n) is 11.9. The van der Waals surface area contributed by atoms with Crippen LogP contribution >= 0.6 is 0 Å². The van der Waals surface area contributed by atoms with Gasteiger partial charge >= 0.3 is 0 Å². The predicted molar refractivity (Wildman–Crippen MR) is 80.7 cm³/mol. The Hall–Kier alpha value is -2.67. The Bertz CT molecular complexity index is 674. The minimum absolute atomic E-state index is 0.599. The summed E-state index contributed by atoms with van der Waals surface area (Å²) in [5.41, 5.74) is 2.90. The fourth-order valence-corrected chi connectivity index (χ4v) is 2.34. The molecule has 2 aromatic carbocycles. The number of anilines is 1. The van der Waals surface area contributed by atoms with Gasteiger partial charge in [-0.05, 0) is 42.0 Å². The lowest BCUT2D eigenvalue weighted by atomic mass is 10.1. The van der Waals surface area contributed by atoms with Gasteiger partial charge in [0.2, 0.25) is 0 Å². The van der Waals surface area contributed by atoms with Crippen molar-refractivity contribution in [2.45, 2.75) is 6.54 Å². The van der Waals surface area contributed by atoms with Crippen molar-refractivity contribution >= 4 is 5.69 Å². The van der Waals surface area contributed by atoms with E-state index < -0.39 is 0 Å². The van der Waals surface area contributed by atoms with E-state index in [2.05, 4.69) is 11.0 Å². The summed E-state index contributed by atoms with van der Waals surface area (Å²) in [6.07, 6.45) is 0. The molecule has 3 rings (SSSR count). The normalized spacial score (nSPS) is 12.6. The van der Waals surface area contributed by atoms with Crippen molar-refractivity contribution in [2.75, 3.05) is 25.2 Å². The van der Waals surface area contributed by atoms with Crippen LogP contribution in [0.4, 0.5) is 5.69 Å². The molecule has 1 heterocycles. The lowest BCUT2D eigenvalue weighted by Gasteiger charge is -2.22. The van der Waals surface area contributed by atoms with Crippen LogP contribution in [-0.2, 0) is 6.54 Å². The average Bonchev–Trinajstić information content (AvgIpc) is 2.55. The number of hydrogen-bond acceptors (Lipinski definition) is 4. The second kappa shape index (κ2) is 5.76. The van der Waals surface area contributed by atoms with E-state index in [-0.39, 0.29) is 0 Å². The lowest BCUT2D eigenvalue weighted by molar-refractivity contribution is 0.171. The third-order valence-corrected chi connectivity index (χ3v) is 3.46. The van der Waals surface area contributed by atoms with Gasteiger partial charge in [0.1, 0.15) is 13.2 Å². The third-order valence-electron chi connectivity index (χ3n) is 3.46. The number of fused-ring (bicyclic) bond motifs is 1. The van der Waals surface area contributed by atoms with Crippen LogP contribution in [0.25, 0.3) is 0 Å². The standard InChI is InChI=1S/C17H16N2O2/c1-19(15-5-2-13(11-18)3-6-15)12-14-4-7-16-17(10-14)21-9-8-20-16/h2-7,10H,8-9,12H2,1H3. The molecule has 0 N–H and O–H groups in total. The van der Waals surface area contributed by atoms with Crippen LogP contribution in [0.5, 0.6) is 11.5 Å². The predicted octanol–water partition coefficient (Wildman–Crippen LogP) is 2.97. The highest BCUT2D eigenvalue weighted by Crippen LogP contribution is 2.31. The van der Waals surface area contributed by atoms with Crippen LogP contribution < -0.4 is 14.4 Å². The summed E-state index contributed by atoms with van der Waals surface area (Å²) >= 11 is 0. The van der Waals surface area contributed by atoms with E-state index in [0.29, 0.717) is 18.8 Å². The molecule has 0 spiro atoms. The Kier molecular flexibility index (Phi) is 3.65. The number of ether oxygens (including phenoxy) is 2. The molecule has 4 heteroatoms. The zero-order chi connectivity index (χ0) is 14.7. The van der Waals surface area contributed by atoms with Crippen LogP contribution in [0.3, 0.4) is 0 Å². The Morgan fingerprint density at radius 3 is 2.48 bits per heavy atom. The van der Waals surface area contributed by atoms with Crippen molar-refractivity contribution in [1.82, 2.24) is 0 Å². The van der Waals surface area contributed by atoms with Crippen molar-refractivity contribution in [3.8, 4) is 17.6 Å². The minimum Gasteiger partial charge on any atom is -0.486 e. The molecule has 0 aromatic heterocycles. The van der Waals surface area contributed by atoms with E-state index >= 15 is 0 Å². The maximum absolute atomic E-state index is 8.83. The van der Waals surface area contributed by atoms with Crippen molar-refractivity contribution in [3.05, 3.63) is 53.6 Å². The molecule has 106 valence electrons. The summed E-state index contributed by atoms with van der Waals surface area (Å²) < 4.78 is 11.1.